The Labute approximate surface area is 484 Å². The van der Waals surface area contributed by atoms with Crippen LogP contribution < -0.4 is 41.2 Å². The zero-order valence-corrected chi connectivity index (χ0v) is 48.7. The van der Waals surface area contributed by atoms with Gasteiger partial charge >= 0.3 is 23.7 Å². The number of aliphatic carboxylic acids is 2. The average molecular weight is 1170 g/mol. The molecule has 0 atom stereocenters. The van der Waals surface area contributed by atoms with Gasteiger partial charge in [0.1, 0.15) is 34.7 Å². The highest BCUT2D eigenvalue weighted by molar-refractivity contribution is 5.87. The molecule has 2 aliphatic rings. The summed E-state index contributed by atoms with van der Waals surface area (Å²) in [5.74, 6) is -2.00. The van der Waals surface area contributed by atoms with E-state index in [1.54, 1.807) is 21.5 Å². The predicted molar refractivity (Wildman–Crippen MR) is 302 cm³/mol. The number of carboxylic acid groups (broad SMARTS) is 2. The molecule has 6 aromatic rings. The highest BCUT2D eigenvalue weighted by Crippen LogP contribution is 2.34. The second-order valence-corrected chi connectivity index (χ2v) is 23.0. The highest BCUT2D eigenvalue weighted by Gasteiger charge is 2.38. The predicted octanol–water partition coefficient (Wildman–Crippen LogP) is 4.06. The molecule has 0 aliphatic carbocycles. The van der Waals surface area contributed by atoms with E-state index in [0.717, 1.165) is 99.3 Å². The molecule has 4 aromatic heterocycles. The maximum atomic E-state index is 13.5. The third-order valence-corrected chi connectivity index (χ3v) is 14.1. The summed E-state index contributed by atoms with van der Waals surface area (Å²) in [5.41, 5.74) is 2.07. The third kappa shape index (κ3) is 19.9. The van der Waals surface area contributed by atoms with Gasteiger partial charge in [0, 0.05) is 59.6 Å². The molecule has 2 aromatic carbocycles. The van der Waals surface area contributed by atoms with Crippen molar-refractivity contribution < 1.29 is 55.9 Å². The van der Waals surface area contributed by atoms with Crippen molar-refractivity contribution in [2.75, 3.05) is 75.2 Å². The molecule has 84 heavy (non-hydrogen) atoms. The van der Waals surface area contributed by atoms with Crippen LogP contribution in [-0.4, -0.2) is 116 Å². The SMILES string of the molecule is Cc1ccc(-c2ccn(CCCC[NH+]3CCN(c4cc(C(F)(F)F)nc(C(C)(C)C)n4)CC3)c(=O)n2)cc1.Cc1ccc(-c2ccn(CCCC[NH+]3CCN(c4cc(C(F)(F)F)nc(C(C)(C)C)n4)CC3)c(=O)n2)cc1.O=C([O-])/C=C/C(=O)[O-]. The van der Waals surface area contributed by atoms with Gasteiger partial charge in [-0.2, -0.15) is 36.3 Å². The van der Waals surface area contributed by atoms with Gasteiger partial charge < -0.3 is 39.4 Å². The normalized spacial score (nSPS) is 14.6. The molecule has 0 amide bonds. The van der Waals surface area contributed by atoms with Crippen molar-refractivity contribution in [3.05, 3.63) is 152 Å². The number of hydrogen-bond acceptors (Lipinski definition) is 14. The summed E-state index contributed by atoms with van der Waals surface area (Å²) < 4.78 is 84.0. The fourth-order valence-electron chi connectivity index (χ4n) is 9.18. The van der Waals surface area contributed by atoms with Gasteiger partial charge in [-0.1, -0.05) is 101 Å². The number of benzene rings is 2. The van der Waals surface area contributed by atoms with Gasteiger partial charge in [0.2, 0.25) is 0 Å². The van der Waals surface area contributed by atoms with E-state index >= 15 is 0 Å². The Morgan fingerprint density at radius 3 is 1.13 bits per heavy atom. The van der Waals surface area contributed by atoms with Crippen LogP contribution in [0.4, 0.5) is 38.0 Å². The number of aryl methyl sites for hydroxylation is 4. The molecule has 2 saturated heterocycles. The van der Waals surface area contributed by atoms with Crippen molar-refractivity contribution in [2.24, 2.45) is 0 Å². The number of unbranched alkanes of at least 4 members (excludes halogenated alkanes) is 2. The number of rotatable bonds is 16. The quantitative estimate of drug-likeness (QED) is 0.0795. The van der Waals surface area contributed by atoms with E-state index in [-0.39, 0.29) is 23.0 Å². The second-order valence-electron chi connectivity index (χ2n) is 23.0. The van der Waals surface area contributed by atoms with E-state index in [2.05, 4.69) is 29.9 Å². The fraction of sp³-hybridized carbons (Fsp3) is 0.467. The molecule has 2 aliphatic heterocycles. The van der Waals surface area contributed by atoms with Crippen LogP contribution >= 0.6 is 0 Å². The standard InChI is InChI=1S/2C28H35F3N6O.C4H4O4/c2*1-20-7-9-21(10-8-20)22-11-14-37(26(38)32-22)13-6-5-12-35-15-17-36(18-16-35)24-19-23(28(29,30)31)33-25(34-24)27(2,3)4;5-3(6)1-2-4(7)8/h2*7-11,14,19H,5-6,12-13,15-18H2,1-4H3;1-2H,(H,5,6)(H,7,8)/b;;2-1+. The number of hydrogen-bond donors (Lipinski definition) is 2. The van der Waals surface area contributed by atoms with Crippen molar-refractivity contribution in [3.63, 3.8) is 0 Å². The highest BCUT2D eigenvalue weighted by atomic mass is 19.4. The van der Waals surface area contributed by atoms with Crippen LogP contribution in [0, 0.1) is 13.8 Å². The summed E-state index contributed by atoms with van der Waals surface area (Å²) in [7, 11) is 0. The summed E-state index contributed by atoms with van der Waals surface area (Å²) >= 11 is 0. The van der Waals surface area contributed by atoms with Crippen molar-refractivity contribution in [1.82, 2.24) is 39.0 Å². The number of aromatic nitrogens is 8. The molecular formula is C60H74F6N12O6. The van der Waals surface area contributed by atoms with Gasteiger partial charge in [-0.05, 0) is 63.8 Å². The largest absolute Gasteiger partial charge is 0.545 e. The van der Waals surface area contributed by atoms with E-state index in [0.29, 0.717) is 74.4 Å². The van der Waals surface area contributed by atoms with Crippen LogP contribution in [0.5, 0.6) is 0 Å². The average Bonchev–Trinajstić information content (AvgIpc) is 2.59. The van der Waals surface area contributed by atoms with Gasteiger partial charge in [0.15, 0.2) is 0 Å². The van der Waals surface area contributed by atoms with Crippen LogP contribution in [0.15, 0.2) is 107 Å². The first-order valence-electron chi connectivity index (χ1n) is 27.9. The van der Waals surface area contributed by atoms with E-state index < -0.39 is 46.5 Å². The molecule has 8 rings (SSSR count). The summed E-state index contributed by atoms with van der Waals surface area (Å²) in [6.07, 6.45) is -1.04. The van der Waals surface area contributed by atoms with Crippen LogP contribution in [0.1, 0.15) is 101 Å². The number of piperazine rings is 2. The number of anilines is 2. The van der Waals surface area contributed by atoms with Crippen LogP contribution in [0.3, 0.4) is 0 Å². The molecule has 452 valence electrons. The molecule has 6 heterocycles. The molecule has 0 spiro atoms. The minimum absolute atomic E-state index is 0.203. The van der Waals surface area contributed by atoms with Crippen molar-refractivity contribution in [3.8, 4) is 22.5 Å². The number of quaternary nitrogens is 2. The first-order valence-corrected chi connectivity index (χ1v) is 27.9. The number of carbonyl (C=O) groups excluding carboxylic acids is 2. The van der Waals surface area contributed by atoms with Gasteiger partial charge in [-0.3, -0.25) is 9.13 Å². The molecule has 0 bridgehead atoms. The van der Waals surface area contributed by atoms with Crippen molar-refractivity contribution in [1.29, 1.82) is 0 Å². The van der Waals surface area contributed by atoms with Gasteiger partial charge in [-0.15, -0.1) is 0 Å². The van der Waals surface area contributed by atoms with E-state index in [4.69, 9.17) is 0 Å². The Kier molecular flexibility index (Phi) is 22.2. The Bertz CT molecular complexity index is 3020. The van der Waals surface area contributed by atoms with E-state index in [1.807, 2.05) is 126 Å². The van der Waals surface area contributed by atoms with Crippen LogP contribution in [0.2, 0.25) is 0 Å². The van der Waals surface area contributed by atoms with E-state index in [1.165, 1.54) is 9.80 Å². The molecule has 0 radical (unpaired) electrons. The number of nitrogens with one attached hydrogen (secondary N) is 2. The zero-order valence-electron chi connectivity index (χ0n) is 48.7. The number of carboxylic acids is 2. The van der Waals surface area contributed by atoms with Crippen LogP contribution in [0.25, 0.3) is 22.5 Å². The summed E-state index contributed by atoms with van der Waals surface area (Å²) in [5, 5.41) is 18.8. The Morgan fingerprint density at radius 1 is 0.512 bits per heavy atom. The lowest BCUT2D eigenvalue weighted by molar-refractivity contribution is -0.900. The Balaban J connectivity index is 0.000000238. The maximum absolute atomic E-state index is 13.5. The summed E-state index contributed by atoms with van der Waals surface area (Å²) in [6, 6.07) is 21.7. The van der Waals surface area contributed by atoms with Gasteiger partial charge in [-0.25, -0.2) is 29.5 Å². The minimum atomic E-state index is -4.51. The number of carbonyl (C=O) groups is 2. The van der Waals surface area contributed by atoms with Crippen molar-refractivity contribution >= 4 is 23.6 Å². The third-order valence-electron chi connectivity index (χ3n) is 14.1. The number of nitrogens with zero attached hydrogens (tertiary/aromatic N) is 10. The van der Waals surface area contributed by atoms with Crippen molar-refractivity contribution in [2.45, 2.75) is 117 Å². The lowest BCUT2D eigenvalue weighted by Gasteiger charge is -2.33. The first-order chi connectivity index (χ1) is 39.4. The summed E-state index contributed by atoms with van der Waals surface area (Å²) in [4.78, 5) is 75.5. The first kappa shape index (κ1) is 65.3. The number of halogens is 6. The van der Waals surface area contributed by atoms with Crippen LogP contribution in [-0.2, 0) is 45.9 Å². The smallest absolute Gasteiger partial charge is 0.433 e. The molecule has 0 saturated carbocycles. The second kappa shape index (κ2) is 28.6. The monoisotopic (exact) mass is 1170 g/mol. The molecular weight excluding hydrogens is 1100 g/mol. The molecule has 24 heteroatoms. The minimum Gasteiger partial charge on any atom is -0.545 e. The lowest BCUT2D eigenvalue weighted by atomic mass is 9.95. The van der Waals surface area contributed by atoms with Gasteiger partial charge in [0.05, 0.1) is 88.8 Å². The molecule has 2 fully saturated rings. The zero-order chi connectivity index (χ0) is 61.6. The Morgan fingerprint density at radius 2 is 0.845 bits per heavy atom. The lowest BCUT2D eigenvalue weighted by Crippen LogP contribution is -3.14. The fourth-order valence-corrected chi connectivity index (χ4v) is 9.18. The maximum Gasteiger partial charge on any atom is 0.433 e. The molecule has 0 unspecified atom stereocenters. The molecule has 18 nitrogen and oxygen atoms in total. The Hall–Kier alpha value is -7.86. The van der Waals surface area contributed by atoms with E-state index in [9.17, 15) is 55.7 Å². The number of alkyl halides is 6. The topological polar surface area (TPSA) is 217 Å². The summed E-state index contributed by atoms with van der Waals surface area (Å²) in [6.45, 7) is 23.9. The van der Waals surface area contributed by atoms with Gasteiger partial charge in [0.25, 0.3) is 0 Å². The molecule has 2 N–H and O–H groups in total.